The summed E-state index contributed by atoms with van der Waals surface area (Å²) in [5.74, 6) is -1.61. The molecule has 0 radical (unpaired) electrons. The predicted molar refractivity (Wildman–Crippen MR) is 110 cm³/mol. The molecule has 2 aromatic carbocycles. The Labute approximate surface area is 174 Å². The molecule has 30 heavy (non-hydrogen) atoms. The fourth-order valence-electron chi connectivity index (χ4n) is 3.53. The molecule has 2 atom stereocenters. The van der Waals surface area contributed by atoms with Crippen LogP contribution in [0.15, 0.2) is 48.5 Å². The van der Waals surface area contributed by atoms with E-state index in [2.05, 4.69) is 10.6 Å². The number of nitrogens with zero attached hydrogens (tertiary/aromatic N) is 1. The van der Waals surface area contributed by atoms with Crippen molar-refractivity contribution in [1.82, 2.24) is 15.5 Å². The average molecular weight is 411 g/mol. The van der Waals surface area contributed by atoms with Crippen LogP contribution in [-0.4, -0.2) is 52.5 Å². The van der Waals surface area contributed by atoms with Gasteiger partial charge in [-0.2, -0.15) is 0 Å². The van der Waals surface area contributed by atoms with E-state index < -0.39 is 11.8 Å². The van der Waals surface area contributed by atoms with Crippen molar-refractivity contribution in [2.24, 2.45) is 5.92 Å². The number of aromatic hydroxyl groups is 2. The predicted octanol–water partition coefficient (Wildman–Crippen LogP) is 1.55. The van der Waals surface area contributed by atoms with Gasteiger partial charge in [-0.25, -0.2) is 0 Å². The molecule has 1 aliphatic heterocycles. The zero-order valence-corrected chi connectivity index (χ0v) is 16.7. The minimum Gasteiger partial charge on any atom is -0.508 e. The monoisotopic (exact) mass is 411 g/mol. The molecule has 8 nitrogen and oxygen atoms in total. The lowest BCUT2D eigenvalue weighted by molar-refractivity contribution is -0.130. The Balaban J connectivity index is 1.45. The minimum atomic E-state index is -0.477. The Kier molecular flexibility index (Phi) is 6.56. The number of amides is 3. The number of benzene rings is 2. The van der Waals surface area contributed by atoms with Crippen LogP contribution in [0.5, 0.6) is 11.5 Å². The van der Waals surface area contributed by atoms with E-state index in [4.69, 9.17) is 0 Å². The molecular formula is C22H25N3O5. The number of likely N-dealkylation sites (tertiary alicyclic amines) is 1. The van der Waals surface area contributed by atoms with Gasteiger partial charge in [0.05, 0.1) is 12.0 Å². The second-order valence-electron chi connectivity index (χ2n) is 7.32. The first kappa shape index (κ1) is 21.2. The summed E-state index contributed by atoms with van der Waals surface area (Å²) in [5.41, 5.74) is 1.14. The zero-order valence-electron chi connectivity index (χ0n) is 16.7. The van der Waals surface area contributed by atoms with E-state index in [1.165, 1.54) is 12.1 Å². The van der Waals surface area contributed by atoms with Gasteiger partial charge in [0, 0.05) is 37.7 Å². The van der Waals surface area contributed by atoms with E-state index in [0.717, 1.165) is 11.6 Å². The van der Waals surface area contributed by atoms with Crippen molar-refractivity contribution >= 4 is 17.7 Å². The van der Waals surface area contributed by atoms with Crippen molar-refractivity contribution in [2.75, 3.05) is 19.6 Å². The highest BCUT2D eigenvalue weighted by Crippen LogP contribution is 2.28. The topological polar surface area (TPSA) is 119 Å². The Morgan fingerprint density at radius 1 is 1.07 bits per heavy atom. The molecule has 1 fully saturated rings. The molecule has 1 heterocycles. The maximum absolute atomic E-state index is 12.4. The van der Waals surface area contributed by atoms with Crippen molar-refractivity contribution in [3.63, 3.8) is 0 Å². The third-order valence-corrected chi connectivity index (χ3v) is 5.15. The number of rotatable bonds is 7. The Morgan fingerprint density at radius 3 is 2.37 bits per heavy atom. The number of hydrogen-bond donors (Lipinski definition) is 4. The Bertz CT molecular complexity index is 911. The van der Waals surface area contributed by atoms with Gasteiger partial charge in [-0.1, -0.05) is 30.3 Å². The van der Waals surface area contributed by atoms with Gasteiger partial charge < -0.3 is 25.7 Å². The van der Waals surface area contributed by atoms with Gasteiger partial charge in [0.25, 0.3) is 5.91 Å². The normalized spacial score (nSPS) is 16.9. The molecule has 4 N–H and O–H groups in total. The largest absolute Gasteiger partial charge is 0.508 e. The third-order valence-electron chi connectivity index (χ3n) is 5.15. The van der Waals surface area contributed by atoms with Crippen LogP contribution in [0.2, 0.25) is 0 Å². The first-order valence-corrected chi connectivity index (χ1v) is 9.78. The summed E-state index contributed by atoms with van der Waals surface area (Å²) < 4.78 is 0. The molecule has 8 heteroatoms. The summed E-state index contributed by atoms with van der Waals surface area (Å²) in [6.45, 7) is 2.68. The molecule has 0 aromatic heterocycles. The second kappa shape index (κ2) is 9.30. The molecule has 0 spiro atoms. The lowest BCUT2D eigenvalue weighted by Gasteiger charge is -2.25. The number of nitrogens with one attached hydrogen (secondary N) is 2. The van der Waals surface area contributed by atoms with Gasteiger partial charge in [-0.15, -0.1) is 0 Å². The molecular weight excluding hydrogens is 386 g/mol. The van der Waals surface area contributed by atoms with E-state index in [9.17, 15) is 24.6 Å². The van der Waals surface area contributed by atoms with Crippen molar-refractivity contribution in [1.29, 1.82) is 0 Å². The van der Waals surface area contributed by atoms with Gasteiger partial charge in [0.15, 0.2) is 0 Å². The highest BCUT2D eigenvalue weighted by molar-refractivity contribution is 5.95. The van der Waals surface area contributed by atoms with E-state index in [0.29, 0.717) is 6.54 Å². The zero-order chi connectivity index (χ0) is 21.7. The van der Waals surface area contributed by atoms with Crippen LogP contribution in [-0.2, 0) is 9.59 Å². The molecule has 0 aliphatic carbocycles. The summed E-state index contributed by atoms with van der Waals surface area (Å²) >= 11 is 0. The lowest BCUT2D eigenvalue weighted by Crippen LogP contribution is -2.38. The van der Waals surface area contributed by atoms with Gasteiger partial charge >= 0.3 is 0 Å². The van der Waals surface area contributed by atoms with Crippen molar-refractivity contribution < 1.29 is 24.6 Å². The van der Waals surface area contributed by atoms with Crippen LogP contribution >= 0.6 is 0 Å². The smallest absolute Gasteiger partial charge is 0.251 e. The summed E-state index contributed by atoms with van der Waals surface area (Å²) in [6, 6.07) is 13.2. The summed E-state index contributed by atoms with van der Waals surface area (Å²) in [6.07, 6.45) is 0.165. The van der Waals surface area contributed by atoms with E-state index in [-0.39, 0.29) is 54.4 Å². The standard InChI is InChI=1S/C22H25N3O5/c1-14(15-5-3-2-4-6-15)25-13-17(11-20(25)28)22(30)24-8-7-23-21(29)16-9-18(26)12-19(27)10-16/h2-6,9-10,12,14,17,26-27H,7-8,11,13H2,1H3,(H,23,29)(H,24,30). The maximum atomic E-state index is 12.4. The van der Waals surface area contributed by atoms with Crippen LogP contribution in [0.25, 0.3) is 0 Å². The number of phenols is 2. The molecule has 1 aliphatic rings. The minimum absolute atomic E-state index is 0.0523. The molecule has 2 aromatic rings. The van der Waals surface area contributed by atoms with Crippen LogP contribution in [0.3, 0.4) is 0 Å². The molecule has 0 saturated carbocycles. The summed E-state index contributed by atoms with van der Waals surface area (Å²) in [7, 11) is 0. The molecule has 3 rings (SSSR count). The van der Waals surface area contributed by atoms with Gasteiger partial charge in [-0.05, 0) is 24.6 Å². The number of carbonyl (C=O) groups is 3. The van der Waals surface area contributed by atoms with Crippen molar-refractivity contribution in [2.45, 2.75) is 19.4 Å². The SMILES string of the molecule is CC(c1ccccc1)N1CC(C(=O)NCCNC(=O)c2cc(O)cc(O)c2)CC1=O. The van der Waals surface area contributed by atoms with Crippen LogP contribution in [0, 0.1) is 5.92 Å². The fourth-order valence-corrected chi connectivity index (χ4v) is 3.53. The van der Waals surface area contributed by atoms with Crippen molar-refractivity contribution in [3.8, 4) is 11.5 Å². The van der Waals surface area contributed by atoms with Gasteiger partial charge in [0.2, 0.25) is 11.8 Å². The molecule has 2 unspecified atom stereocenters. The number of carbonyl (C=O) groups excluding carboxylic acids is 3. The lowest BCUT2D eigenvalue weighted by atomic mass is 10.1. The van der Waals surface area contributed by atoms with Crippen LogP contribution < -0.4 is 10.6 Å². The highest BCUT2D eigenvalue weighted by Gasteiger charge is 2.36. The third kappa shape index (κ3) is 5.08. The number of phenolic OH excluding ortho intramolecular Hbond substituents is 2. The van der Waals surface area contributed by atoms with Gasteiger partial charge in [0.1, 0.15) is 11.5 Å². The number of hydrogen-bond acceptors (Lipinski definition) is 5. The van der Waals surface area contributed by atoms with Crippen LogP contribution in [0.1, 0.15) is 35.3 Å². The first-order valence-electron chi connectivity index (χ1n) is 9.78. The first-order chi connectivity index (χ1) is 14.3. The van der Waals surface area contributed by atoms with E-state index >= 15 is 0 Å². The molecule has 0 bridgehead atoms. The Morgan fingerprint density at radius 2 is 1.70 bits per heavy atom. The second-order valence-corrected chi connectivity index (χ2v) is 7.32. The fraction of sp³-hybridized carbons (Fsp3) is 0.318. The summed E-state index contributed by atoms with van der Waals surface area (Å²) in [5, 5.41) is 24.2. The van der Waals surface area contributed by atoms with Gasteiger partial charge in [-0.3, -0.25) is 14.4 Å². The van der Waals surface area contributed by atoms with Crippen LogP contribution in [0.4, 0.5) is 0 Å². The molecule has 158 valence electrons. The summed E-state index contributed by atoms with van der Waals surface area (Å²) in [4.78, 5) is 38.6. The Hall–Kier alpha value is -3.55. The highest BCUT2D eigenvalue weighted by atomic mass is 16.3. The molecule has 3 amide bonds. The maximum Gasteiger partial charge on any atom is 0.251 e. The average Bonchev–Trinajstić information content (AvgIpc) is 3.12. The van der Waals surface area contributed by atoms with Crippen molar-refractivity contribution in [3.05, 3.63) is 59.7 Å². The van der Waals surface area contributed by atoms with E-state index in [1.54, 1.807) is 4.90 Å². The van der Waals surface area contributed by atoms with E-state index in [1.807, 2.05) is 37.3 Å². The quantitative estimate of drug-likeness (QED) is 0.516. The molecule has 1 saturated heterocycles.